The second kappa shape index (κ2) is 7.09. The second-order valence-corrected chi connectivity index (χ2v) is 7.28. The van der Waals surface area contributed by atoms with Crippen LogP contribution in [0.5, 0.6) is 0 Å². The van der Waals surface area contributed by atoms with Crippen molar-refractivity contribution in [3.05, 3.63) is 80.9 Å². The van der Waals surface area contributed by atoms with Crippen molar-refractivity contribution < 1.29 is 0 Å². The number of nitrogens with zero attached hydrogens (tertiary/aromatic N) is 3. The standard InChI is InChI=1S/C20H21ClN4O/c1-24(13-14-5-4-6-15(21)11-14)16-8-9-18-17(12-16)20(26)25(23-18)19-7-2-3-10-22-19/h2-7,10-11,16,23H,8-9,12-13H2,1H3. The van der Waals surface area contributed by atoms with E-state index in [0.717, 1.165) is 42.1 Å². The minimum atomic E-state index is 0.0135. The molecule has 6 heteroatoms. The number of aryl methyl sites for hydroxylation is 1. The Morgan fingerprint density at radius 3 is 2.96 bits per heavy atom. The summed E-state index contributed by atoms with van der Waals surface area (Å²) in [7, 11) is 2.11. The SMILES string of the molecule is CN(Cc1cccc(Cl)c1)C1CCc2[nH]n(-c3ccccn3)c(=O)c2C1. The summed E-state index contributed by atoms with van der Waals surface area (Å²) >= 11 is 6.09. The molecule has 1 aliphatic carbocycles. The number of likely N-dealkylation sites (N-methyl/N-ethyl adjacent to an activating group) is 1. The average molecular weight is 369 g/mol. The van der Waals surface area contributed by atoms with Crippen molar-refractivity contribution >= 4 is 11.6 Å². The number of hydrogen-bond donors (Lipinski definition) is 1. The lowest BCUT2D eigenvalue weighted by Gasteiger charge is -2.30. The number of benzene rings is 1. The van der Waals surface area contributed by atoms with E-state index in [2.05, 4.69) is 28.1 Å². The van der Waals surface area contributed by atoms with E-state index in [1.165, 1.54) is 5.56 Å². The Kier molecular flexibility index (Phi) is 4.66. The fourth-order valence-corrected chi connectivity index (χ4v) is 3.87. The Bertz CT molecular complexity index is 963. The van der Waals surface area contributed by atoms with E-state index >= 15 is 0 Å². The van der Waals surface area contributed by atoms with Crippen molar-refractivity contribution in [1.29, 1.82) is 0 Å². The zero-order valence-corrected chi connectivity index (χ0v) is 15.4. The van der Waals surface area contributed by atoms with Crippen molar-refractivity contribution in [2.75, 3.05) is 7.05 Å². The third-order valence-corrected chi connectivity index (χ3v) is 5.30. The number of hydrogen-bond acceptors (Lipinski definition) is 3. The number of rotatable bonds is 4. The first-order valence-electron chi connectivity index (χ1n) is 8.80. The predicted octanol–water partition coefficient (Wildman–Crippen LogP) is 3.20. The van der Waals surface area contributed by atoms with Crippen LogP contribution in [0.15, 0.2) is 53.5 Å². The van der Waals surface area contributed by atoms with Crippen molar-refractivity contribution in [3.8, 4) is 5.82 Å². The molecular weight excluding hydrogens is 348 g/mol. The highest BCUT2D eigenvalue weighted by Gasteiger charge is 2.27. The predicted molar refractivity (Wildman–Crippen MR) is 103 cm³/mol. The van der Waals surface area contributed by atoms with Gasteiger partial charge >= 0.3 is 0 Å². The molecule has 1 aliphatic rings. The van der Waals surface area contributed by atoms with Crippen molar-refractivity contribution in [3.63, 3.8) is 0 Å². The molecule has 0 fully saturated rings. The molecule has 134 valence electrons. The Morgan fingerprint density at radius 1 is 1.31 bits per heavy atom. The van der Waals surface area contributed by atoms with Gasteiger partial charge in [0.25, 0.3) is 5.56 Å². The van der Waals surface area contributed by atoms with E-state index in [1.54, 1.807) is 10.9 Å². The molecule has 4 rings (SSSR count). The molecule has 5 nitrogen and oxygen atoms in total. The third kappa shape index (κ3) is 3.32. The summed E-state index contributed by atoms with van der Waals surface area (Å²) < 4.78 is 1.56. The number of pyridine rings is 1. The van der Waals surface area contributed by atoms with Gasteiger partial charge in [0.1, 0.15) is 0 Å². The van der Waals surface area contributed by atoms with Crippen LogP contribution >= 0.6 is 11.6 Å². The molecule has 1 aromatic carbocycles. The maximum absolute atomic E-state index is 12.8. The summed E-state index contributed by atoms with van der Waals surface area (Å²) in [5.74, 6) is 0.635. The van der Waals surface area contributed by atoms with E-state index in [4.69, 9.17) is 11.6 Å². The van der Waals surface area contributed by atoms with Gasteiger partial charge in [0.2, 0.25) is 0 Å². The first kappa shape index (κ1) is 17.1. The first-order chi connectivity index (χ1) is 12.6. The topological polar surface area (TPSA) is 53.9 Å². The fraction of sp³-hybridized carbons (Fsp3) is 0.300. The van der Waals surface area contributed by atoms with Gasteiger partial charge in [-0.1, -0.05) is 29.8 Å². The summed E-state index contributed by atoms with van der Waals surface area (Å²) in [6.07, 6.45) is 4.34. The zero-order chi connectivity index (χ0) is 18.1. The number of aromatic amines is 1. The Morgan fingerprint density at radius 2 is 2.19 bits per heavy atom. The van der Waals surface area contributed by atoms with Crippen LogP contribution in [0.1, 0.15) is 23.2 Å². The highest BCUT2D eigenvalue weighted by molar-refractivity contribution is 6.30. The first-order valence-corrected chi connectivity index (χ1v) is 9.18. The molecule has 3 aromatic rings. The van der Waals surface area contributed by atoms with Gasteiger partial charge in [-0.15, -0.1) is 0 Å². The molecule has 0 saturated carbocycles. The van der Waals surface area contributed by atoms with Crippen LogP contribution in [0.3, 0.4) is 0 Å². The van der Waals surface area contributed by atoms with E-state index in [-0.39, 0.29) is 5.56 Å². The maximum Gasteiger partial charge on any atom is 0.276 e. The number of halogens is 1. The number of fused-ring (bicyclic) bond motifs is 1. The van der Waals surface area contributed by atoms with Gasteiger partial charge in [0.15, 0.2) is 5.82 Å². The maximum atomic E-state index is 12.8. The molecule has 0 bridgehead atoms. The van der Waals surface area contributed by atoms with Crippen molar-refractivity contribution in [1.82, 2.24) is 19.7 Å². The molecule has 2 heterocycles. The number of nitrogens with one attached hydrogen (secondary N) is 1. The van der Waals surface area contributed by atoms with Crippen LogP contribution < -0.4 is 5.56 Å². The summed E-state index contributed by atoms with van der Waals surface area (Å²) in [6, 6.07) is 13.8. The molecule has 2 aromatic heterocycles. The van der Waals surface area contributed by atoms with E-state index in [0.29, 0.717) is 11.9 Å². The largest absolute Gasteiger partial charge is 0.299 e. The molecule has 0 aliphatic heterocycles. The monoisotopic (exact) mass is 368 g/mol. The highest BCUT2D eigenvalue weighted by Crippen LogP contribution is 2.23. The Labute approximate surface area is 157 Å². The molecule has 0 amide bonds. The normalized spacial score (nSPS) is 16.7. The van der Waals surface area contributed by atoms with Crippen molar-refractivity contribution in [2.45, 2.75) is 31.8 Å². The minimum Gasteiger partial charge on any atom is -0.299 e. The van der Waals surface area contributed by atoms with Gasteiger partial charge < -0.3 is 0 Å². The van der Waals surface area contributed by atoms with Gasteiger partial charge in [-0.25, -0.2) is 9.67 Å². The quantitative estimate of drug-likeness (QED) is 0.769. The van der Waals surface area contributed by atoms with Gasteiger partial charge in [0.05, 0.1) is 0 Å². The Hall–Kier alpha value is -2.37. The van der Waals surface area contributed by atoms with Crippen LogP contribution in [0.4, 0.5) is 0 Å². The minimum absolute atomic E-state index is 0.0135. The molecular formula is C20H21ClN4O. The van der Waals surface area contributed by atoms with Crippen LogP contribution in [-0.4, -0.2) is 32.8 Å². The van der Waals surface area contributed by atoms with Crippen LogP contribution in [0, 0.1) is 0 Å². The van der Waals surface area contributed by atoms with E-state index < -0.39 is 0 Å². The zero-order valence-electron chi connectivity index (χ0n) is 14.7. The van der Waals surface area contributed by atoms with E-state index in [9.17, 15) is 4.79 Å². The molecule has 26 heavy (non-hydrogen) atoms. The lowest BCUT2D eigenvalue weighted by molar-refractivity contribution is 0.213. The van der Waals surface area contributed by atoms with Gasteiger partial charge in [0, 0.05) is 35.1 Å². The molecule has 0 spiro atoms. The smallest absolute Gasteiger partial charge is 0.276 e. The lowest BCUT2D eigenvalue weighted by atomic mass is 9.92. The van der Waals surface area contributed by atoms with Gasteiger partial charge in [-0.05, 0) is 56.1 Å². The second-order valence-electron chi connectivity index (χ2n) is 6.84. The third-order valence-electron chi connectivity index (χ3n) is 5.06. The van der Waals surface area contributed by atoms with E-state index in [1.807, 2.05) is 36.4 Å². The van der Waals surface area contributed by atoms with Crippen LogP contribution in [-0.2, 0) is 19.4 Å². The van der Waals surface area contributed by atoms with Crippen LogP contribution in [0.25, 0.3) is 5.82 Å². The molecule has 1 unspecified atom stereocenters. The average Bonchev–Trinajstić information content (AvgIpc) is 2.99. The lowest BCUT2D eigenvalue weighted by Crippen LogP contribution is -2.37. The van der Waals surface area contributed by atoms with Gasteiger partial charge in [-0.2, -0.15) is 0 Å². The summed E-state index contributed by atoms with van der Waals surface area (Å²) in [5, 5.41) is 4.00. The van der Waals surface area contributed by atoms with Crippen molar-refractivity contribution in [2.24, 2.45) is 0 Å². The molecule has 0 saturated heterocycles. The van der Waals surface area contributed by atoms with Gasteiger partial charge in [-0.3, -0.25) is 14.8 Å². The molecule has 1 N–H and O–H groups in total. The highest BCUT2D eigenvalue weighted by atomic mass is 35.5. The molecule has 0 radical (unpaired) electrons. The summed E-state index contributed by atoms with van der Waals surface area (Å²) in [4.78, 5) is 19.4. The fourth-order valence-electron chi connectivity index (χ4n) is 3.66. The van der Waals surface area contributed by atoms with Crippen LogP contribution in [0.2, 0.25) is 5.02 Å². The Balaban J connectivity index is 1.54. The number of aromatic nitrogens is 3. The molecule has 1 atom stereocenters. The number of H-pyrrole nitrogens is 1. The summed E-state index contributed by atoms with van der Waals surface area (Å²) in [6.45, 7) is 0.819. The summed E-state index contributed by atoms with van der Waals surface area (Å²) in [5.41, 5.74) is 3.11.